The SMILES string of the molecule is COCCCCC(=O)C(N=O)C(=O)OC. The fraction of sp³-hybridized carbons (Fsp3) is 0.778. The number of carbonyl (C=O) groups is 2. The molecule has 1 unspecified atom stereocenters. The van der Waals surface area contributed by atoms with Crippen molar-refractivity contribution in [1.82, 2.24) is 0 Å². The van der Waals surface area contributed by atoms with E-state index in [0.29, 0.717) is 19.4 Å². The van der Waals surface area contributed by atoms with E-state index in [1.54, 1.807) is 7.11 Å². The zero-order chi connectivity index (χ0) is 11.7. The van der Waals surface area contributed by atoms with Crippen molar-refractivity contribution < 1.29 is 19.1 Å². The van der Waals surface area contributed by atoms with E-state index in [-0.39, 0.29) is 6.42 Å². The monoisotopic (exact) mass is 217 g/mol. The Balaban J connectivity index is 3.94. The molecule has 0 rings (SSSR count). The molecule has 0 amide bonds. The molecule has 0 saturated heterocycles. The molecular weight excluding hydrogens is 202 g/mol. The summed E-state index contributed by atoms with van der Waals surface area (Å²) in [6.07, 6.45) is 1.40. The summed E-state index contributed by atoms with van der Waals surface area (Å²) >= 11 is 0. The Kier molecular flexibility index (Phi) is 7.35. The molecule has 0 bridgehead atoms. The van der Waals surface area contributed by atoms with Gasteiger partial charge in [0.15, 0.2) is 5.78 Å². The van der Waals surface area contributed by atoms with Gasteiger partial charge in [0.25, 0.3) is 0 Å². The van der Waals surface area contributed by atoms with Gasteiger partial charge in [-0.05, 0) is 18.0 Å². The van der Waals surface area contributed by atoms with Crippen LogP contribution in [0.2, 0.25) is 0 Å². The van der Waals surface area contributed by atoms with E-state index in [4.69, 9.17) is 4.74 Å². The summed E-state index contributed by atoms with van der Waals surface area (Å²) in [7, 11) is 2.67. The van der Waals surface area contributed by atoms with Gasteiger partial charge in [-0.15, -0.1) is 4.91 Å². The fourth-order valence-corrected chi connectivity index (χ4v) is 1.03. The fourth-order valence-electron chi connectivity index (χ4n) is 1.03. The highest BCUT2D eigenvalue weighted by atomic mass is 16.5. The normalized spacial score (nSPS) is 11.9. The molecule has 15 heavy (non-hydrogen) atoms. The number of methoxy groups -OCH3 is 2. The zero-order valence-electron chi connectivity index (χ0n) is 8.89. The van der Waals surface area contributed by atoms with Crippen LogP contribution >= 0.6 is 0 Å². The lowest BCUT2D eigenvalue weighted by Crippen LogP contribution is -2.29. The molecule has 0 aliphatic carbocycles. The quantitative estimate of drug-likeness (QED) is 0.258. The number of hydrogen-bond donors (Lipinski definition) is 0. The number of ether oxygens (including phenoxy) is 2. The Morgan fingerprint density at radius 3 is 2.40 bits per heavy atom. The summed E-state index contributed by atoms with van der Waals surface area (Å²) in [6.45, 7) is 0.546. The van der Waals surface area contributed by atoms with Gasteiger partial charge in [0.1, 0.15) is 0 Å². The summed E-state index contributed by atoms with van der Waals surface area (Å²) in [4.78, 5) is 32.5. The van der Waals surface area contributed by atoms with Crippen LogP contribution in [-0.4, -0.2) is 38.6 Å². The van der Waals surface area contributed by atoms with Gasteiger partial charge in [-0.2, -0.15) is 0 Å². The van der Waals surface area contributed by atoms with Gasteiger partial charge >= 0.3 is 5.97 Å². The molecule has 0 spiro atoms. The van der Waals surface area contributed by atoms with Crippen LogP contribution in [0.15, 0.2) is 5.18 Å². The van der Waals surface area contributed by atoms with Crippen molar-refractivity contribution in [3.8, 4) is 0 Å². The number of nitrogens with zero attached hydrogens (tertiary/aromatic N) is 1. The maximum atomic E-state index is 11.3. The van der Waals surface area contributed by atoms with Crippen molar-refractivity contribution in [3.05, 3.63) is 4.91 Å². The second kappa shape index (κ2) is 8.05. The Hall–Kier alpha value is -1.30. The molecule has 0 aromatic heterocycles. The van der Waals surface area contributed by atoms with Crippen molar-refractivity contribution in [2.24, 2.45) is 5.18 Å². The van der Waals surface area contributed by atoms with E-state index in [1.807, 2.05) is 0 Å². The molecule has 6 heteroatoms. The number of ketones is 1. The predicted octanol–water partition coefficient (Wildman–Crippen LogP) is 0.680. The third-order valence-electron chi connectivity index (χ3n) is 1.86. The Morgan fingerprint density at radius 1 is 1.27 bits per heavy atom. The van der Waals surface area contributed by atoms with Crippen molar-refractivity contribution in [1.29, 1.82) is 0 Å². The first-order chi connectivity index (χ1) is 7.17. The number of esters is 1. The molecule has 0 aliphatic rings. The number of Topliss-reactive ketones (excluding diaryl/α,β-unsaturated/α-hetero) is 1. The second-order valence-electron chi connectivity index (χ2n) is 2.95. The van der Waals surface area contributed by atoms with Crippen LogP contribution < -0.4 is 0 Å². The molecule has 0 aromatic carbocycles. The lowest BCUT2D eigenvalue weighted by atomic mass is 10.1. The van der Waals surface area contributed by atoms with Gasteiger partial charge in [0, 0.05) is 20.1 Å². The Labute approximate surface area is 87.9 Å². The number of rotatable bonds is 8. The molecule has 1 atom stereocenters. The Morgan fingerprint density at radius 2 is 1.93 bits per heavy atom. The number of hydrogen-bond acceptors (Lipinski definition) is 6. The van der Waals surface area contributed by atoms with Crippen LogP contribution in [0.5, 0.6) is 0 Å². The first kappa shape index (κ1) is 13.7. The molecule has 0 aromatic rings. The highest BCUT2D eigenvalue weighted by Crippen LogP contribution is 2.04. The van der Waals surface area contributed by atoms with Crippen LogP contribution in [-0.2, 0) is 19.1 Å². The van der Waals surface area contributed by atoms with Gasteiger partial charge in [0.2, 0.25) is 6.04 Å². The highest BCUT2D eigenvalue weighted by molar-refractivity contribution is 6.03. The van der Waals surface area contributed by atoms with E-state index in [9.17, 15) is 14.5 Å². The van der Waals surface area contributed by atoms with Crippen molar-refractivity contribution in [2.45, 2.75) is 25.3 Å². The molecule has 0 heterocycles. The molecule has 0 aliphatic heterocycles. The van der Waals surface area contributed by atoms with Crippen molar-refractivity contribution in [3.63, 3.8) is 0 Å². The van der Waals surface area contributed by atoms with Gasteiger partial charge in [-0.25, -0.2) is 4.79 Å². The summed E-state index contributed by atoms with van der Waals surface area (Å²) in [5.74, 6) is -1.41. The molecular formula is C9H15NO5. The van der Waals surface area contributed by atoms with Crippen LogP contribution in [0.4, 0.5) is 0 Å². The lowest BCUT2D eigenvalue weighted by molar-refractivity contribution is -0.145. The molecule has 6 nitrogen and oxygen atoms in total. The summed E-state index contributed by atoms with van der Waals surface area (Å²) in [5.41, 5.74) is 0. The average molecular weight is 217 g/mol. The summed E-state index contributed by atoms with van der Waals surface area (Å²) in [6, 6.07) is -1.52. The van der Waals surface area contributed by atoms with Gasteiger partial charge < -0.3 is 9.47 Å². The average Bonchev–Trinajstić information content (AvgIpc) is 2.25. The summed E-state index contributed by atoms with van der Waals surface area (Å²) < 4.78 is 9.06. The second-order valence-corrected chi connectivity index (χ2v) is 2.95. The third kappa shape index (κ3) is 5.21. The van der Waals surface area contributed by atoms with Crippen molar-refractivity contribution in [2.75, 3.05) is 20.8 Å². The van der Waals surface area contributed by atoms with E-state index in [0.717, 1.165) is 7.11 Å². The van der Waals surface area contributed by atoms with E-state index >= 15 is 0 Å². The number of nitroso groups, excluding NO2 is 1. The summed E-state index contributed by atoms with van der Waals surface area (Å²) in [5, 5.41) is 2.45. The van der Waals surface area contributed by atoms with E-state index < -0.39 is 17.8 Å². The minimum absolute atomic E-state index is 0.134. The predicted molar refractivity (Wildman–Crippen MR) is 52.3 cm³/mol. The van der Waals surface area contributed by atoms with Crippen molar-refractivity contribution >= 4 is 11.8 Å². The zero-order valence-corrected chi connectivity index (χ0v) is 8.89. The standard InChI is InChI=1S/C9H15NO5/c1-14-6-4-3-5-7(11)8(10-13)9(12)15-2/h8H,3-6H2,1-2H3. The molecule has 0 saturated carbocycles. The van der Waals surface area contributed by atoms with E-state index in [2.05, 4.69) is 9.91 Å². The number of carbonyl (C=O) groups excluding carboxylic acids is 2. The maximum Gasteiger partial charge on any atom is 0.342 e. The minimum Gasteiger partial charge on any atom is -0.467 e. The highest BCUT2D eigenvalue weighted by Gasteiger charge is 2.27. The molecule has 0 fully saturated rings. The number of unbranched alkanes of at least 4 members (excludes halogenated alkanes) is 1. The lowest BCUT2D eigenvalue weighted by Gasteiger charge is -2.05. The van der Waals surface area contributed by atoms with Gasteiger partial charge in [-0.1, -0.05) is 0 Å². The van der Waals surface area contributed by atoms with Gasteiger partial charge in [0.05, 0.1) is 7.11 Å². The maximum absolute atomic E-state index is 11.3. The van der Waals surface area contributed by atoms with Crippen LogP contribution in [0.25, 0.3) is 0 Å². The first-order valence-electron chi connectivity index (χ1n) is 4.59. The van der Waals surface area contributed by atoms with Crippen LogP contribution in [0, 0.1) is 4.91 Å². The molecule has 86 valence electrons. The Bertz CT molecular complexity index is 229. The minimum atomic E-state index is -1.52. The van der Waals surface area contributed by atoms with Crippen LogP contribution in [0.3, 0.4) is 0 Å². The first-order valence-corrected chi connectivity index (χ1v) is 4.59. The van der Waals surface area contributed by atoms with E-state index in [1.165, 1.54) is 0 Å². The van der Waals surface area contributed by atoms with Gasteiger partial charge in [-0.3, -0.25) is 4.79 Å². The smallest absolute Gasteiger partial charge is 0.342 e. The third-order valence-corrected chi connectivity index (χ3v) is 1.86. The largest absolute Gasteiger partial charge is 0.467 e. The topological polar surface area (TPSA) is 82.0 Å². The van der Waals surface area contributed by atoms with Crippen LogP contribution in [0.1, 0.15) is 19.3 Å². The molecule has 0 radical (unpaired) electrons. The molecule has 0 N–H and O–H groups in total.